The summed E-state index contributed by atoms with van der Waals surface area (Å²) >= 11 is 0. The van der Waals surface area contributed by atoms with Crippen molar-refractivity contribution < 1.29 is 14.7 Å². The Labute approximate surface area is 101 Å². The van der Waals surface area contributed by atoms with Crippen LogP contribution in [0.2, 0.25) is 0 Å². The summed E-state index contributed by atoms with van der Waals surface area (Å²) in [5, 5.41) is 11.8. The van der Waals surface area contributed by atoms with Gasteiger partial charge in [0.1, 0.15) is 0 Å². The van der Waals surface area contributed by atoms with Crippen LogP contribution in [0.25, 0.3) is 0 Å². The number of amides is 2. The standard InChI is InChI=1S/C12H20N2O3/c1-3-4-5-7-13-11(17)14-8-6-12(2,9-14)10(15)16/h3-4H,5-9H2,1-2H3,(H,13,17)(H,15,16)/b4-3+. The highest BCUT2D eigenvalue weighted by atomic mass is 16.4. The van der Waals surface area contributed by atoms with Gasteiger partial charge < -0.3 is 15.3 Å². The third-order valence-corrected chi connectivity index (χ3v) is 3.10. The Hall–Kier alpha value is -1.52. The highest BCUT2D eigenvalue weighted by molar-refractivity contribution is 5.79. The third-order valence-electron chi connectivity index (χ3n) is 3.10. The second-order valence-corrected chi connectivity index (χ2v) is 4.63. The molecule has 1 aliphatic heterocycles. The molecule has 0 aromatic carbocycles. The van der Waals surface area contributed by atoms with Crippen LogP contribution in [0.3, 0.4) is 0 Å². The number of nitrogens with one attached hydrogen (secondary N) is 1. The number of allylic oxidation sites excluding steroid dienone is 1. The number of carboxylic acid groups (broad SMARTS) is 1. The number of carboxylic acids is 1. The second-order valence-electron chi connectivity index (χ2n) is 4.63. The number of nitrogens with zero attached hydrogens (tertiary/aromatic N) is 1. The summed E-state index contributed by atoms with van der Waals surface area (Å²) in [4.78, 5) is 24.3. The van der Waals surface area contributed by atoms with E-state index < -0.39 is 11.4 Å². The van der Waals surface area contributed by atoms with Crippen molar-refractivity contribution in [3.05, 3.63) is 12.2 Å². The topological polar surface area (TPSA) is 69.6 Å². The van der Waals surface area contributed by atoms with Gasteiger partial charge in [-0.3, -0.25) is 4.79 Å². The first-order valence-electron chi connectivity index (χ1n) is 5.87. The van der Waals surface area contributed by atoms with Crippen LogP contribution in [0.4, 0.5) is 4.79 Å². The van der Waals surface area contributed by atoms with Crippen molar-refractivity contribution in [1.82, 2.24) is 10.2 Å². The van der Waals surface area contributed by atoms with Crippen molar-refractivity contribution in [2.75, 3.05) is 19.6 Å². The van der Waals surface area contributed by atoms with Crippen LogP contribution in [0.15, 0.2) is 12.2 Å². The van der Waals surface area contributed by atoms with Gasteiger partial charge in [0, 0.05) is 19.6 Å². The average Bonchev–Trinajstić information content (AvgIpc) is 2.69. The first kappa shape index (κ1) is 13.5. The van der Waals surface area contributed by atoms with Crippen LogP contribution in [-0.2, 0) is 4.79 Å². The lowest BCUT2D eigenvalue weighted by molar-refractivity contribution is -0.146. The predicted molar refractivity (Wildman–Crippen MR) is 64.8 cm³/mol. The maximum Gasteiger partial charge on any atom is 0.317 e. The maximum atomic E-state index is 11.7. The van der Waals surface area contributed by atoms with Crippen molar-refractivity contribution in [1.29, 1.82) is 0 Å². The number of hydrogen-bond donors (Lipinski definition) is 2. The molecule has 1 atom stereocenters. The van der Waals surface area contributed by atoms with Crippen molar-refractivity contribution in [2.45, 2.75) is 26.7 Å². The summed E-state index contributed by atoms with van der Waals surface area (Å²) in [6.07, 6.45) is 5.23. The monoisotopic (exact) mass is 240 g/mol. The Morgan fingerprint density at radius 2 is 2.24 bits per heavy atom. The van der Waals surface area contributed by atoms with Crippen LogP contribution < -0.4 is 5.32 Å². The van der Waals surface area contributed by atoms with Crippen LogP contribution >= 0.6 is 0 Å². The Bertz CT molecular complexity index is 328. The number of rotatable bonds is 4. The minimum absolute atomic E-state index is 0.167. The van der Waals surface area contributed by atoms with E-state index in [-0.39, 0.29) is 12.6 Å². The van der Waals surface area contributed by atoms with Crippen molar-refractivity contribution in [3.8, 4) is 0 Å². The molecule has 1 aliphatic rings. The molecule has 5 nitrogen and oxygen atoms in total. The van der Waals surface area contributed by atoms with Gasteiger partial charge in [0.2, 0.25) is 0 Å². The minimum Gasteiger partial charge on any atom is -0.481 e. The van der Waals surface area contributed by atoms with E-state index in [0.717, 1.165) is 6.42 Å². The highest BCUT2D eigenvalue weighted by Crippen LogP contribution is 2.29. The van der Waals surface area contributed by atoms with Gasteiger partial charge in [-0.1, -0.05) is 12.2 Å². The molecule has 2 amide bonds. The molecule has 1 heterocycles. The summed E-state index contributed by atoms with van der Waals surface area (Å²) in [6, 6.07) is -0.167. The molecular weight excluding hydrogens is 220 g/mol. The smallest absolute Gasteiger partial charge is 0.317 e. The van der Waals surface area contributed by atoms with Crippen LogP contribution in [-0.4, -0.2) is 41.6 Å². The highest BCUT2D eigenvalue weighted by Gasteiger charge is 2.41. The molecule has 0 radical (unpaired) electrons. The fourth-order valence-corrected chi connectivity index (χ4v) is 1.85. The minimum atomic E-state index is -0.832. The van der Waals surface area contributed by atoms with Crippen molar-refractivity contribution in [2.24, 2.45) is 5.41 Å². The fourth-order valence-electron chi connectivity index (χ4n) is 1.85. The molecule has 0 saturated carbocycles. The molecule has 0 aromatic rings. The van der Waals surface area contributed by atoms with Gasteiger partial charge >= 0.3 is 12.0 Å². The van der Waals surface area contributed by atoms with Gasteiger partial charge in [-0.15, -0.1) is 0 Å². The summed E-state index contributed by atoms with van der Waals surface area (Å²) in [6.45, 7) is 5.00. The first-order chi connectivity index (χ1) is 7.99. The largest absolute Gasteiger partial charge is 0.481 e. The van der Waals surface area contributed by atoms with Crippen molar-refractivity contribution in [3.63, 3.8) is 0 Å². The summed E-state index contributed by atoms with van der Waals surface area (Å²) in [5.41, 5.74) is -0.791. The molecule has 17 heavy (non-hydrogen) atoms. The molecule has 96 valence electrons. The zero-order chi connectivity index (χ0) is 12.9. The Balaban J connectivity index is 2.38. The lowest BCUT2D eigenvalue weighted by Gasteiger charge is -2.20. The van der Waals surface area contributed by atoms with E-state index >= 15 is 0 Å². The lowest BCUT2D eigenvalue weighted by atomic mass is 9.90. The summed E-state index contributed by atoms with van der Waals surface area (Å²) in [7, 11) is 0. The molecule has 1 rings (SSSR count). The molecule has 1 saturated heterocycles. The third kappa shape index (κ3) is 3.47. The molecule has 1 unspecified atom stereocenters. The van der Waals surface area contributed by atoms with Crippen LogP contribution in [0, 0.1) is 5.41 Å². The van der Waals surface area contributed by atoms with Gasteiger partial charge in [0.05, 0.1) is 5.41 Å². The number of likely N-dealkylation sites (tertiary alicyclic amines) is 1. The molecule has 5 heteroatoms. The van der Waals surface area contributed by atoms with E-state index in [9.17, 15) is 9.59 Å². The first-order valence-corrected chi connectivity index (χ1v) is 5.87. The molecule has 1 fully saturated rings. The normalized spacial score (nSPS) is 24.2. The Morgan fingerprint density at radius 3 is 2.76 bits per heavy atom. The number of hydrogen-bond acceptors (Lipinski definition) is 2. The number of aliphatic carboxylic acids is 1. The van der Waals surface area contributed by atoms with Gasteiger partial charge in [-0.05, 0) is 26.7 Å². The van der Waals surface area contributed by atoms with Crippen molar-refractivity contribution >= 4 is 12.0 Å². The van der Waals surface area contributed by atoms with Gasteiger partial charge in [-0.25, -0.2) is 4.79 Å². The Morgan fingerprint density at radius 1 is 1.53 bits per heavy atom. The second kappa shape index (κ2) is 5.70. The number of carbonyl (C=O) groups excluding carboxylic acids is 1. The maximum absolute atomic E-state index is 11.7. The number of carbonyl (C=O) groups is 2. The van der Waals surface area contributed by atoms with Gasteiger partial charge in [0.15, 0.2) is 0 Å². The van der Waals surface area contributed by atoms with E-state index in [1.54, 1.807) is 11.8 Å². The zero-order valence-corrected chi connectivity index (χ0v) is 10.4. The average molecular weight is 240 g/mol. The molecular formula is C12H20N2O3. The molecule has 0 spiro atoms. The zero-order valence-electron chi connectivity index (χ0n) is 10.4. The lowest BCUT2D eigenvalue weighted by Crippen LogP contribution is -2.41. The summed E-state index contributed by atoms with van der Waals surface area (Å²) < 4.78 is 0. The number of urea groups is 1. The Kier molecular flexibility index (Phi) is 4.54. The fraction of sp³-hybridized carbons (Fsp3) is 0.667. The molecule has 2 N–H and O–H groups in total. The van der Waals surface area contributed by atoms with Crippen LogP contribution in [0.1, 0.15) is 26.7 Å². The molecule has 0 bridgehead atoms. The SMILES string of the molecule is C/C=C/CCNC(=O)N1CCC(C)(C(=O)O)C1. The van der Waals surface area contributed by atoms with E-state index in [4.69, 9.17) is 5.11 Å². The van der Waals surface area contributed by atoms with Gasteiger partial charge in [0.25, 0.3) is 0 Å². The van der Waals surface area contributed by atoms with E-state index in [1.807, 2.05) is 19.1 Å². The van der Waals surface area contributed by atoms with Crippen LogP contribution in [0.5, 0.6) is 0 Å². The van der Waals surface area contributed by atoms with E-state index in [0.29, 0.717) is 19.5 Å². The quantitative estimate of drug-likeness (QED) is 0.577. The van der Waals surface area contributed by atoms with E-state index in [2.05, 4.69) is 5.32 Å². The molecule has 0 aromatic heterocycles. The van der Waals surface area contributed by atoms with Gasteiger partial charge in [-0.2, -0.15) is 0 Å². The molecule has 0 aliphatic carbocycles. The van der Waals surface area contributed by atoms with E-state index in [1.165, 1.54) is 0 Å². The summed E-state index contributed by atoms with van der Waals surface area (Å²) in [5.74, 6) is -0.832. The predicted octanol–water partition coefficient (Wildman–Crippen LogP) is 1.46.